The molecule has 1 aliphatic heterocycles. The van der Waals surface area contributed by atoms with Gasteiger partial charge in [0, 0.05) is 26.2 Å². The molecule has 0 aromatic carbocycles. The number of nitrogens with one attached hydrogen (secondary N) is 3. The summed E-state index contributed by atoms with van der Waals surface area (Å²) in [5.74, 6) is 1.37. The summed E-state index contributed by atoms with van der Waals surface area (Å²) in [4.78, 5) is 11.1. The molecular weight excluding hydrogens is 270 g/mol. The van der Waals surface area contributed by atoms with Gasteiger partial charge in [-0.15, -0.1) is 0 Å². The largest absolute Gasteiger partial charge is 0.374 e. The molecule has 0 aliphatic carbocycles. The summed E-state index contributed by atoms with van der Waals surface area (Å²) in [5.41, 5.74) is 0.727. The van der Waals surface area contributed by atoms with Crippen LogP contribution in [0.1, 0.15) is 6.92 Å². The highest BCUT2D eigenvalue weighted by molar-refractivity contribution is 5.86. The Bertz CT molecular complexity index is 599. The average Bonchev–Trinajstić information content (AvgIpc) is 2.93. The van der Waals surface area contributed by atoms with Gasteiger partial charge in [0.2, 0.25) is 5.95 Å². The van der Waals surface area contributed by atoms with Gasteiger partial charge in [0.1, 0.15) is 5.82 Å². The molecule has 0 spiro atoms. The third kappa shape index (κ3) is 3.22. The molecule has 21 heavy (non-hydrogen) atoms. The predicted molar refractivity (Wildman–Crippen MR) is 81.6 cm³/mol. The number of H-pyrrole nitrogens is 1. The second-order valence-electron chi connectivity index (χ2n) is 5.19. The molecule has 8 nitrogen and oxygen atoms in total. The summed E-state index contributed by atoms with van der Waals surface area (Å²) in [5, 5.41) is 14.3. The van der Waals surface area contributed by atoms with E-state index in [4.69, 9.17) is 4.74 Å². The van der Waals surface area contributed by atoms with E-state index in [-0.39, 0.29) is 6.10 Å². The van der Waals surface area contributed by atoms with Crippen LogP contribution in [0.2, 0.25) is 0 Å². The molecule has 1 aliphatic rings. The monoisotopic (exact) mass is 291 g/mol. The number of hydrogen-bond donors (Lipinski definition) is 3. The normalized spacial score (nSPS) is 19.8. The molecule has 1 atom stereocenters. The Morgan fingerprint density at radius 1 is 1.43 bits per heavy atom. The van der Waals surface area contributed by atoms with Gasteiger partial charge in [0.25, 0.3) is 0 Å². The number of likely N-dealkylation sites (N-methyl/N-ethyl adjacent to an activating group) is 1. The number of ether oxygens (including phenoxy) is 1. The van der Waals surface area contributed by atoms with E-state index in [0.29, 0.717) is 12.5 Å². The molecule has 1 unspecified atom stereocenters. The molecule has 3 rings (SSSR count). The summed E-state index contributed by atoms with van der Waals surface area (Å²) in [6.07, 6.45) is 1.91. The number of rotatable bonds is 5. The van der Waals surface area contributed by atoms with Crippen LogP contribution in [0.15, 0.2) is 6.20 Å². The first-order chi connectivity index (χ1) is 10.3. The number of morpholine rings is 1. The topological polar surface area (TPSA) is 91.0 Å². The Hall–Kier alpha value is -1.93. The molecule has 3 heterocycles. The first-order valence-corrected chi connectivity index (χ1v) is 7.25. The molecule has 0 bridgehead atoms. The van der Waals surface area contributed by atoms with Crippen molar-refractivity contribution in [1.82, 2.24) is 25.1 Å². The minimum Gasteiger partial charge on any atom is -0.374 e. The maximum atomic E-state index is 5.75. The van der Waals surface area contributed by atoms with Crippen molar-refractivity contribution in [2.45, 2.75) is 13.0 Å². The highest BCUT2D eigenvalue weighted by Crippen LogP contribution is 2.20. The van der Waals surface area contributed by atoms with E-state index in [0.717, 1.165) is 43.1 Å². The van der Waals surface area contributed by atoms with Crippen LogP contribution in [0.3, 0.4) is 0 Å². The van der Waals surface area contributed by atoms with Crippen LogP contribution in [-0.4, -0.2) is 71.0 Å². The van der Waals surface area contributed by atoms with E-state index in [1.807, 2.05) is 6.92 Å². The zero-order valence-electron chi connectivity index (χ0n) is 12.4. The minimum atomic E-state index is 0.170. The molecule has 8 heteroatoms. The van der Waals surface area contributed by atoms with Gasteiger partial charge in [-0.2, -0.15) is 15.1 Å². The molecule has 3 N–H and O–H groups in total. The van der Waals surface area contributed by atoms with Crippen molar-refractivity contribution in [1.29, 1.82) is 0 Å². The second kappa shape index (κ2) is 6.23. The summed E-state index contributed by atoms with van der Waals surface area (Å²) in [7, 11) is 2.11. The van der Waals surface area contributed by atoms with Gasteiger partial charge in [-0.1, -0.05) is 0 Å². The van der Waals surface area contributed by atoms with Gasteiger partial charge in [-0.25, -0.2) is 0 Å². The van der Waals surface area contributed by atoms with Gasteiger partial charge in [0.05, 0.1) is 24.3 Å². The van der Waals surface area contributed by atoms with Crippen LogP contribution >= 0.6 is 0 Å². The zero-order valence-corrected chi connectivity index (χ0v) is 12.4. The highest BCUT2D eigenvalue weighted by atomic mass is 16.5. The predicted octanol–water partition coefficient (Wildman–Crippen LogP) is 0.527. The Labute approximate surface area is 123 Å². The number of fused-ring (bicyclic) bond motifs is 1. The first-order valence-electron chi connectivity index (χ1n) is 7.25. The molecule has 0 amide bonds. The number of aromatic amines is 1. The van der Waals surface area contributed by atoms with Gasteiger partial charge in [-0.3, -0.25) is 5.10 Å². The molecule has 0 radical (unpaired) electrons. The molecule has 114 valence electrons. The number of nitrogens with zero attached hydrogens (tertiary/aromatic N) is 4. The Kier molecular flexibility index (Phi) is 4.16. The zero-order chi connectivity index (χ0) is 14.7. The maximum Gasteiger partial charge on any atom is 0.226 e. The second-order valence-corrected chi connectivity index (χ2v) is 5.19. The Morgan fingerprint density at radius 2 is 2.33 bits per heavy atom. The molecular formula is C13H21N7O. The molecule has 1 saturated heterocycles. The van der Waals surface area contributed by atoms with Crippen LogP contribution in [-0.2, 0) is 4.74 Å². The van der Waals surface area contributed by atoms with Crippen molar-refractivity contribution in [3.8, 4) is 0 Å². The van der Waals surface area contributed by atoms with Crippen LogP contribution in [0.25, 0.3) is 11.0 Å². The SMILES string of the molecule is CCNc1nc(NCC2CN(C)CCO2)c2cn[nH]c2n1. The first kappa shape index (κ1) is 14.0. The smallest absolute Gasteiger partial charge is 0.226 e. The number of hydrogen-bond acceptors (Lipinski definition) is 7. The van der Waals surface area contributed by atoms with E-state index >= 15 is 0 Å². The lowest BCUT2D eigenvalue weighted by Crippen LogP contribution is -2.43. The third-order valence-electron chi connectivity index (χ3n) is 3.48. The molecule has 1 fully saturated rings. The van der Waals surface area contributed by atoms with Crippen molar-refractivity contribution in [2.75, 3.05) is 50.5 Å². The summed E-state index contributed by atoms with van der Waals surface area (Å²) < 4.78 is 5.75. The van der Waals surface area contributed by atoms with E-state index in [1.54, 1.807) is 6.20 Å². The Balaban J connectivity index is 1.74. The van der Waals surface area contributed by atoms with Gasteiger partial charge in [0.15, 0.2) is 5.65 Å². The van der Waals surface area contributed by atoms with Crippen LogP contribution in [0.5, 0.6) is 0 Å². The van der Waals surface area contributed by atoms with E-state index in [2.05, 4.69) is 42.7 Å². The maximum absolute atomic E-state index is 5.75. The molecule has 2 aromatic heterocycles. The van der Waals surface area contributed by atoms with E-state index < -0.39 is 0 Å². The summed E-state index contributed by atoms with van der Waals surface area (Å²) in [6, 6.07) is 0. The fourth-order valence-electron chi connectivity index (χ4n) is 2.41. The Morgan fingerprint density at radius 3 is 3.14 bits per heavy atom. The lowest BCUT2D eigenvalue weighted by Gasteiger charge is -2.30. The quantitative estimate of drug-likeness (QED) is 0.740. The van der Waals surface area contributed by atoms with Crippen molar-refractivity contribution in [3.63, 3.8) is 0 Å². The number of anilines is 2. The van der Waals surface area contributed by atoms with Gasteiger partial charge in [-0.05, 0) is 14.0 Å². The summed E-state index contributed by atoms with van der Waals surface area (Å²) >= 11 is 0. The third-order valence-corrected chi connectivity index (χ3v) is 3.48. The minimum absolute atomic E-state index is 0.170. The van der Waals surface area contributed by atoms with Crippen LogP contribution in [0.4, 0.5) is 11.8 Å². The molecule has 0 saturated carbocycles. The van der Waals surface area contributed by atoms with Gasteiger partial charge < -0.3 is 20.3 Å². The standard InChI is InChI=1S/C13H21N7O/c1-3-14-13-17-11(10-7-16-19-12(10)18-13)15-6-9-8-20(2)4-5-21-9/h7,9H,3-6,8H2,1-2H3,(H3,14,15,16,17,18,19). The van der Waals surface area contributed by atoms with Gasteiger partial charge >= 0.3 is 0 Å². The fraction of sp³-hybridized carbons (Fsp3) is 0.615. The van der Waals surface area contributed by atoms with Crippen LogP contribution in [0, 0.1) is 0 Å². The van der Waals surface area contributed by atoms with Crippen molar-refractivity contribution < 1.29 is 4.74 Å². The highest BCUT2D eigenvalue weighted by Gasteiger charge is 2.18. The lowest BCUT2D eigenvalue weighted by molar-refractivity contribution is -0.0117. The number of aromatic nitrogens is 4. The van der Waals surface area contributed by atoms with Crippen molar-refractivity contribution in [2.24, 2.45) is 0 Å². The van der Waals surface area contributed by atoms with Crippen molar-refractivity contribution >= 4 is 22.8 Å². The average molecular weight is 291 g/mol. The van der Waals surface area contributed by atoms with E-state index in [9.17, 15) is 0 Å². The lowest BCUT2D eigenvalue weighted by atomic mass is 10.2. The van der Waals surface area contributed by atoms with Crippen molar-refractivity contribution in [3.05, 3.63) is 6.20 Å². The molecule has 2 aromatic rings. The van der Waals surface area contributed by atoms with E-state index in [1.165, 1.54) is 0 Å². The van der Waals surface area contributed by atoms with Crippen LogP contribution < -0.4 is 10.6 Å². The fourth-order valence-corrected chi connectivity index (χ4v) is 2.41. The summed E-state index contributed by atoms with van der Waals surface area (Å²) in [6.45, 7) is 6.19.